The summed E-state index contributed by atoms with van der Waals surface area (Å²) in [4.78, 5) is 11.2. The molecule has 0 radical (unpaired) electrons. The summed E-state index contributed by atoms with van der Waals surface area (Å²) in [6.45, 7) is 2.72. The fraction of sp³-hybridized carbons (Fsp3) is 0.636. The van der Waals surface area contributed by atoms with Gasteiger partial charge >= 0.3 is 0 Å². The fourth-order valence-corrected chi connectivity index (χ4v) is 1.56. The van der Waals surface area contributed by atoms with Gasteiger partial charge in [-0.1, -0.05) is 0 Å². The van der Waals surface area contributed by atoms with E-state index in [9.17, 15) is 4.79 Å². The van der Waals surface area contributed by atoms with E-state index < -0.39 is 5.54 Å². The van der Waals surface area contributed by atoms with E-state index in [0.717, 1.165) is 25.8 Å². The zero-order valence-corrected chi connectivity index (χ0v) is 9.94. The maximum atomic E-state index is 11.2. The number of aryl methyl sites for hydroxylation is 1. The van der Waals surface area contributed by atoms with Crippen molar-refractivity contribution in [2.75, 3.05) is 7.05 Å². The van der Waals surface area contributed by atoms with Crippen molar-refractivity contribution in [2.24, 2.45) is 5.73 Å². The lowest BCUT2D eigenvalue weighted by Gasteiger charge is -2.25. The number of unbranched alkanes of at least 4 members (excludes halogenated alkanes) is 1. The van der Waals surface area contributed by atoms with Crippen LogP contribution in [0.15, 0.2) is 18.5 Å². The molecule has 1 rings (SSSR count). The maximum absolute atomic E-state index is 11.2. The highest BCUT2D eigenvalue weighted by Gasteiger charge is 2.27. The van der Waals surface area contributed by atoms with Crippen LogP contribution in [0, 0.1) is 0 Å². The van der Waals surface area contributed by atoms with Crippen LogP contribution in [0.5, 0.6) is 0 Å². The van der Waals surface area contributed by atoms with Gasteiger partial charge in [0.05, 0.1) is 5.54 Å². The van der Waals surface area contributed by atoms with Crippen LogP contribution in [-0.2, 0) is 11.3 Å². The van der Waals surface area contributed by atoms with Gasteiger partial charge in [-0.3, -0.25) is 9.48 Å². The van der Waals surface area contributed by atoms with Gasteiger partial charge in [-0.25, -0.2) is 0 Å². The SMILES string of the molecule is CNC(C)(CCCCn1cccn1)C(N)=O. The van der Waals surface area contributed by atoms with Crippen molar-refractivity contribution in [1.82, 2.24) is 15.1 Å². The standard InChI is InChI=1S/C11H20N4O/c1-11(13-2,10(12)16)6-3-4-8-15-9-5-7-14-15/h5,7,9,13H,3-4,6,8H2,1-2H3,(H2,12,16). The summed E-state index contributed by atoms with van der Waals surface area (Å²) in [5.74, 6) is -0.297. The number of hydrogen-bond donors (Lipinski definition) is 2. The molecule has 0 spiro atoms. The number of nitrogens with one attached hydrogen (secondary N) is 1. The van der Waals surface area contributed by atoms with Crippen molar-refractivity contribution in [3.05, 3.63) is 18.5 Å². The van der Waals surface area contributed by atoms with E-state index in [0.29, 0.717) is 0 Å². The number of carbonyl (C=O) groups is 1. The Hall–Kier alpha value is -1.36. The molecule has 0 saturated heterocycles. The topological polar surface area (TPSA) is 72.9 Å². The summed E-state index contributed by atoms with van der Waals surface area (Å²) in [7, 11) is 1.76. The van der Waals surface area contributed by atoms with Crippen molar-refractivity contribution in [1.29, 1.82) is 0 Å². The fourth-order valence-electron chi connectivity index (χ4n) is 1.56. The Kier molecular flexibility index (Phi) is 4.49. The van der Waals surface area contributed by atoms with Gasteiger partial charge < -0.3 is 11.1 Å². The number of primary amides is 1. The van der Waals surface area contributed by atoms with Gasteiger partial charge in [0.15, 0.2) is 0 Å². The third kappa shape index (κ3) is 3.34. The second kappa shape index (κ2) is 5.65. The Labute approximate surface area is 96.0 Å². The number of rotatable bonds is 7. The zero-order valence-electron chi connectivity index (χ0n) is 9.94. The van der Waals surface area contributed by atoms with Gasteiger partial charge in [-0.15, -0.1) is 0 Å². The molecule has 0 saturated carbocycles. The van der Waals surface area contributed by atoms with Gasteiger partial charge in [0, 0.05) is 18.9 Å². The van der Waals surface area contributed by atoms with Gasteiger partial charge in [0.2, 0.25) is 5.91 Å². The normalized spacial score (nSPS) is 14.6. The first-order valence-electron chi connectivity index (χ1n) is 5.55. The summed E-state index contributed by atoms with van der Waals surface area (Å²) in [6.07, 6.45) is 6.39. The van der Waals surface area contributed by atoms with Crippen LogP contribution < -0.4 is 11.1 Å². The highest BCUT2D eigenvalue weighted by atomic mass is 16.1. The molecule has 1 aromatic heterocycles. The Balaban J connectivity index is 2.26. The molecular weight excluding hydrogens is 204 g/mol. The minimum absolute atomic E-state index is 0.297. The van der Waals surface area contributed by atoms with Crippen molar-refractivity contribution in [2.45, 2.75) is 38.3 Å². The second-order valence-corrected chi connectivity index (χ2v) is 4.17. The van der Waals surface area contributed by atoms with Crippen LogP contribution in [0.4, 0.5) is 0 Å². The van der Waals surface area contributed by atoms with Gasteiger partial charge in [0.1, 0.15) is 0 Å². The number of likely N-dealkylation sites (N-methyl/N-ethyl adjacent to an activating group) is 1. The monoisotopic (exact) mass is 224 g/mol. The van der Waals surface area contributed by atoms with E-state index >= 15 is 0 Å². The molecule has 0 aromatic carbocycles. The number of nitrogens with two attached hydrogens (primary N) is 1. The minimum atomic E-state index is -0.593. The highest BCUT2D eigenvalue weighted by molar-refractivity contribution is 5.84. The van der Waals surface area contributed by atoms with Crippen LogP contribution in [0.25, 0.3) is 0 Å². The lowest BCUT2D eigenvalue weighted by atomic mass is 9.94. The molecule has 5 nitrogen and oxygen atoms in total. The lowest BCUT2D eigenvalue weighted by molar-refractivity contribution is -0.123. The summed E-state index contributed by atoms with van der Waals surface area (Å²) >= 11 is 0. The third-order valence-corrected chi connectivity index (χ3v) is 2.97. The molecule has 1 amide bonds. The highest BCUT2D eigenvalue weighted by Crippen LogP contribution is 2.13. The Bertz CT molecular complexity index is 323. The quantitative estimate of drug-likeness (QED) is 0.663. The third-order valence-electron chi connectivity index (χ3n) is 2.97. The van der Waals surface area contributed by atoms with E-state index in [-0.39, 0.29) is 5.91 Å². The molecule has 1 aromatic rings. The minimum Gasteiger partial charge on any atom is -0.368 e. The average molecular weight is 224 g/mol. The van der Waals surface area contributed by atoms with Crippen molar-refractivity contribution < 1.29 is 4.79 Å². The molecule has 1 atom stereocenters. The van der Waals surface area contributed by atoms with E-state index in [1.807, 2.05) is 23.9 Å². The Morgan fingerprint density at radius 1 is 1.56 bits per heavy atom. The molecule has 0 aliphatic rings. The van der Waals surface area contributed by atoms with Crippen LogP contribution in [-0.4, -0.2) is 28.3 Å². The van der Waals surface area contributed by atoms with Gasteiger partial charge in [0.25, 0.3) is 0 Å². The first-order valence-corrected chi connectivity index (χ1v) is 5.55. The van der Waals surface area contributed by atoms with Crippen molar-refractivity contribution >= 4 is 5.91 Å². The van der Waals surface area contributed by atoms with Crippen molar-refractivity contribution in [3.63, 3.8) is 0 Å². The van der Waals surface area contributed by atoms with Gasteiger partial charge in [-0.05, 0) is 39.3 Å². The lowest BCUT2D eigenvalue weighted by Crippen LogP contribution is -2.51. The Morgan fingerprint density at radius 2 is 2.31 bits per heavy atom. The first kappa shape index (κ1) is 12.7. The maximum Gasteiger partial charge on any atom is 0.237 e. The summed E-state index contributed by atoms with van der Waals surface area (Å²) in [5.41, 5.74) is 4.75. The molecule has 16 heavy (non-hydrogen) atoms. The largest absolute Gasteiger partial charge is 0.368 e. The second-order valence-electron chi connectivity index (χ2n) is 4.17. The number of carbonyl (C=O) groups excluding carboxylic acids is 1. The number of amides is 1. The molecule has 0 aliphatic carbocycles. The van der Waals surface area contributed by atoms with Crippen LogP contribution in [0.1, 0.15) is 26.2 Å². The molecular formula is C11H20N4O. The van der Waals surface area contributed by atoms with Gasteiger partial charge in [-0.2, -0.15) is 5.10 Å². The van der Waals surface area contributed by atoms with Crippen molar-refractivity contribution in [3.8, 4) is 0 Å². The first-order chi connectivity index (χ1) is 7.58. The number of aromatic nitrogens is 2. The predicted octanol–water partition coefficient (Wildman–Crippen LogP) is 0.517. The predicted molar refractivity (Wildman–Crippen MR) is 62.7 cm³/mol. The van der Waals surface area contributed by atoms with Crippen LogP contribution >= 0.6 is 0 Å². The van der Waals surface area contributed by atoms with E-state index in [2.05, 4.69) is 10.4 Å². The zero-order chi connectivity index (χ0) is 12.0. The Morgan fingerprint density at radius 3 is 2.81 bits per heavy atom. The molecule has 90 valence electrons. The molecule has 0 aliphatic heterocycles. The smallest absolute Gasteiger partial charge is 0.237 e. The summed E-state index contributed by atoms with van der Waals surface area (Å²) in [6, 6.07) is 1.90. The van der Waals surface area contributed by atoms with E-state index in [1.165, 1.54) is 0 Å². The summed E-state index contributed by atoms with van der Waals surface area (Å²) < 4.78 is 1.89. The molecule has 5 heteroatoms. The van der Waals surface area contributed by atoms with E-state index in [4.69, 9.17) is 5.73 Å². The molecule has 3 N–H and O–H groups in total. The number of hydrogen-bond acceptors (Lipinski definition) is 3. The van der Waals surface area contributed by atoms with E-state index in [1.54, 1.807) is 13.2 Å². The number of nitrogens with zero attached hydrogens (tertiary/aromatic N) is 2. The van der Waals surface area contributed by atoms with Crippen LogP contribution in [0.2, 0.25) is 0 Å². The molecule has 0 fully saturated rings. The molecule has 1 heterocycles. The van der Waals surface area contributed by atoms with Crippen LogP contribution in [0.3, 0.4) is 0 Å². The average Bonchev–Trinajstić information content (AvgIpc) is 2.76. The summed E-state index contributed by atoms with van der Waals surface area (Å²) in [5, 5.41) is 7.09. The molecule has 1 unspecified atom stereocenters. The molecule has 0 bridgehead atoms.